The van der Waals surface area contributed by atoms with Gasteiger partial charge in [0.05, 0.1) is 0 Å². The lowest BCUT2D eigenvalue weighted by Gasteiger charge is -2.24. The SMILES string of the molecule is Cc1ccc(O)c(CN(CCCN(C)C)CCCN(C)C)c1. The van der Waals surface area contributed by atoms with Crippen molar-refractivity contribution in [3.05, 3.63) is 29.3 Å². The first-order valence-electron chi connectivity index (χ1n) is 8.19. The monoisotopic (exact) mass is 307 g/mol. The highest BCUT2D eigenvalue weighted by Gasteiger charge is 2.10. The average Bonchev–Trinajstić information content (AvgIpc) is 2.41. The van der Waals surface area contributed by atoms with Crippen LogP contribution in [0.1, 0.15) is 24.0 Å². The normalized spacial score (nSPS) is 11.8. The molecule has 0 aliphatic heterocycles. The molecule has 4 heteroatoms. The molecule has 0 fully saturated rings. The molecule has 0 atom stereocenters. The van der Waals surface area contributed by atoms with Crippen molar-refractivity contribution in [2.45, 2.75) is 26.3 Å². The fourth-order valence-electron chi connectivity index (χ4n) is 2.57. The summed E-state index contributed by atoms with van der Waals surface area (Å²) in [7, 11) is 8.46. The van der Waals surface area contributed by atoms with Crippen LogP contribution in [0.5, 0.6) is 5.75 Å². The van der Waals surface area contributed by atoms with Gasteiger partial charge in [-0.1, -0.05) is 17.7 Å². The van der Waals surface area contributed by atoms with Crippen molar-refractivity contribution >= 4 is 0 Å². The predicted octanol–water partition coefficient (Wildman–Crippen LogP) is 2.41. The van der Waals surface area contributed by atoms with Crippen LogP contribution in [0, 0.1) is 6.92 Å². The second kappa shape index (κ2) is 9.82. The molecule has 0 aliphatic carbocycles. The van der Waals surface area contributed by atoms with Crippen LogP contribution in [0.2, 0.25) is 0 Å². The molecule has 4 nitrogen and oxygen atoms in total. The second-order valence-corrected chi connectivity index (χ2v) is 6.72. The van der Waals surface area contributed by atoms with Gasteiger partial charge < -0.3 is 14.9 Å². The summed E-state index contributed by atoms with van der Waals surface area (Å²) in [4.78, 5) is 6.91. The first-order valence-corrected chi connectivity index (χ1v) is 8.19. The van der Waals surface area contributed by atoms with Crippen LogP contribution >= 0.6 is 0 Å². The van der Waals surface area contributed by atoms with Gasteiger partial charge in [0.2, 0.25) is 0 Å². The van der Waals surface area contributed by atoms with E-state index in [0.717, 1.165) is 51.1 Å². The van der Waals surface area contributed by atoms with E-state index >= 15 is 0 Å². The Morgan fingerprint density at radius 2 is 1.41 bits per heavy atom. The van der Waals surface area contributed by atoms with Gasteiger partial charge in [-0.05, 0) is 80.2 Å². The summed E-state index contributed by atoms with van der Waals surface area (Å²) in [6, 6.07) is 5.87. The van der Waals surface area contributed by atoms with Gasteiger partial charge in [-0.3, -0.25) is 4.90 Å². The lowest BCUT2D eigenvalue weighted by Crippen LogP contribution is -2.30. The van der Waals surface area contributed by atoms with Crippen molar-refractivity contribution in [2.75, 3.05) is 54.4 Å². The zero-order valence-corrected chi connectivity index (χ0v) is 15.0. The Kier molecular flexibility index (Phi) is 8.46. The van der Waals surface area contributed by atoms with Crippen LogP contribution < -0.4 is 0 Å². The Bertz CT molecular complexity index is 418. The maximum Gasteiger partial charge on any atom is 0.120 e. The fraction of sp³-hybridized carbons (Fsp3) is 0.667. The van der Waals surface area contributed by atoms with Crippen molar-refractivity contribution in [2.24, 2.45) is 0 Å². The summed E-state index contributed by atoms with van der Waals surface area (Å²) >= 11 is 0. The topological polar surface area (TPSA) is 30.0 Å². The van der Waals surface area contributed by atoms with Gasteiger partial charge in [-0.25, -0.2) is 0 Å². The van der Waals surface area contributed by atoms with E-state index in [4.69, 9.17) is 0 Å². The molecular formula is C18H33N3O. The molecule has 0 heterocycles. The van der Waals surface area contributed by atoms with Crippen LogP contribution in [-0.2, 0) is 6.54 Å². The summed E-state index contributed by atoms with van der Waals surface area (Å²) in [5.74, 6) is 0.413. The Morgan fingerprint density at radius 3 is 1.91 bits per heavy atom. The van der Waals surface area contributed by atoms with Crippen LogP contribution in [0.25, 0.3) is 0 Å². The standard InChI is InChI=1S/C18H33N3O/c1-16-8-9-18(22)17(14-16)15-21(12-6-10-19(2)3)13-7-11-20(4)5/h8-9,14,22H,6-7,10-13,15H2,1-5H3. The summed E-state index contributed by atoms with van der Waals surface area (Å²) in [5, 5.41) is 10.1. The zero-order chi connectivity index (χ0) is 16.5. The predicted molar refractivity (Wildman–Crippen MR) is 94.5 cm³/mol. The smallest absolute Gasteiger partial charge is 0.120 e. The number of hydrogen-bond acceptors (Lipinski definition) is 4. The zero-order valence-electron chi connectivity index (χ0n) is 15.0. The molecule has 0 radical (unpaired) electrons. The average molecular weight is 307 g/mol. The van der Waals surface area contributed by atoms with Gasteiger partial charge >= 0.3 is 0 Å². The van der Waals surface area contributed by atoms with Crippen LogP contribution in [0.15, 0.2) is 18.2 Å². The molecule has 1 rings (SSSR count). The van der Waals surface area contributed by atoms with E-state index in [1.54, 1.807) is 0 Å². The number of phenols is 1. The van der Waals surface area contributed by atoms with Gasteiger partial charge in [0, 0.05) is 12.1 Å². The highest BCUT2D eigenvalue weighted by atomic mass is 16.3. The minimum absolute atomic E-state index is 0.413. The van der Waals surface area contributed by atoms with Gasteiger partial charge in [0.15, 0.2) is 0 Å². The number of phenolic OH excluding ortho intramolecular Hbond substituents is 1. The number of benzene rings is 1. The number of aromatic hydroxyl groups is 1. The Hall–Kier alpha value is -1.10. The van der Waals surface area contributed by atoms with Crippen molar-refractivity contribution in [3.8, 4) is 5.75 Å². The van der Waals surface area contributed by atoms with E-state index in [1.807, 2.05) is 12.1 Å². The Labute approximate surface area is 136 Å². The number of rotatable bonds is 10. The van der Waals surface area contributed by atoms with Crippen molar-refractivity contribution < 1.29 is 5.11 Å². The molecular weight excluding hydrogens is 274 g/mol. The van der Waals surface area contributed by atoms with E-state index in [9.17, 15) is 5.11 Å². The molecule has 1 aromatic rings. The van der Waals surface area contributed by atoms with Crippen LogP contribution in [0.3, 0.4) is 0 Å². The molecule has 0 aliphatic rings. The third-order valence-electron chi connectivity index (χ3n) is 3.79. The molecule has 0 aromatic heterocycles. The summed E-state index contributed by atoms with van der Waals surface area (Å²) < 4.78 is 0. The number of nitrogens with zero attached hydrogens (tertiary/aromatic N) is 3. The quantitative estimate of drug-likeness (QED) is 0.719. The summed E-state index contributed by atoms with van der Waals surface area (Å²) in [5.41, 5.74) is 2.24. The molecule has 0 unspecified atom stereocenters. The molecule has 126 valence electrons. The molecule has 0 amide bonds. The van der Waals surface area contributed by atoms with E-state index in [1.165, 1.54) is 5.56 Å². The third-order valence-corrected chi connectivity index (χ3v) is 3.79. The third kappa shape index (κ3) is 7.78. The first kappa shape index (κ1) is 18.9. The van der Waals surface area contributed by atoms with Crippen molar-refractivity contribution in [3.63, 3.8) is 0 Å². The number of hydrogen-bond donors (Lipinski definition) is 1. The highest BCUT2D eigenvalue weighted by molar-refractivity contribution is 5.35. The molecule has 0 spiro atoms. The lowest BCUT2D eigenvalue weighted by atomic mass is 10.1. The molecule has 0 bridgehead atoms. The van der Waals surface area contributed by atoms with Gasteiger partial charge in [-0.15, -0.1) is 0 Å². The summed E-state index contributed by atoms with van der Waals surface area (Å²) in [6.07, 6.45) is 2.31. The summed E-state index contributed by atoms with van der Waals surface area (Å²) in [6.45, 7) is 7.24. The lowest BCUT2D eigenvalue weighted by molar-refractivity contribution is 0.231. The largest absolute Gasteiger partial charge is 0.508 e. The van der Waals surface area contributed by atoms with E-state index < -0.39 is 0 Å². The minimum Gasteiger partial charge on any atom is -0.508 e. The van der Waals surface area contributed by atoms with E-state index in [0.29, 0.717) is 5.75 Å². The van der Waals surface area contributed by atoms with Crippen molar-refractivity contribution in [1.82, 2.24) is 14.7 Å². The molecule has 22 heavy (non-hydrogen) atoms. The van der Waals surface area contributed by atoms with E-state index in [-0.39, 0.29) is 0 Å². The first-order chi connectivity index (χ1) is 10.4. The fourth-order valence-corrected chi connectivity index (χ4v) is 2.57. The molecule has 1 aromatic carbocycles. The minimum atomic E-state index is 0.413. The molecule has 0 saturated heterocycles. The molecule has 0 saturated carbocycles. The van der Waals surface area contributed by atoms with E-state index in [2.05, 4.69) is 55.9 Å². The van der Waals surface area contributed by atoms with Gasteiger partial charge in [-0.2, -0.15) is 0 Å². The van der Waals surface area contributed by atoms with Crippen molar-refractivity contribution in [1.29, 1.82) is 0 Å². The Morgan fingerprint density at radius 1 is 0.864 bits per heavy atom. The van der Waals surface area contributed by atoms with Crippen LogP contribution in [0.4, 0.5) is 0 Å². The second-order valence-electron chi connectivity index (χ2n) is 6.72. The Balaban J connectivity index is 2.60. The van der Waals surface area contributed by atoms with Gasteiger partial charge in [0.25, 0.3) is 0 Å². The van der Waals surface area contributed by atoms with Crippen LogP contribution in [-0.4, -0.2) is 74.2 Å². The maximum absolute atomic E-state index is 10.1. The number of aryl methyl sites for hydroxylation is 1. The maximum atomic E-state index is 10.1. The molecule has 1 N–H and O–H groups in total. The van der Waals surface area contributed by atoms with Gasteiger partial charge in [0.1, 0.15) is 5.75 Å². The highest BCUT2D eigenvalue weighted by Crippen LogP contribution is 2.20.